The van der Waals surface area contributed by atoms with E-state index in [9.17, 15) is 14.4 Å². The minimum Gasteiger partial charge on any atom is -0.480 e. The number of amides is 2. The maximum Gasteiger partial charge on any atom is 0.325 e. The molecule has 0 bridgehead atoms. The first kappa shape index (κ1) is 10.5. The summed E-state index contributed by atoms with van der Waals surface area (Å²) in [5, 5.41) is 11.2. The molecule has 0 aromatic heterocycles. The smallest absolute Gasteiger partial charge is 0.325 e. The number of carbonyl (C=O) groups is 3. The van der Waals surface area contributed by atoms with Gasteiger partial charge in [0.2, 0.25) is 11.8 Å². The van der Waals surface area contributed by atoms with E-state index in [1.165, 1.54) is 13.8 Å². The van der Waals surface area contributed by atoms with Crippen molar-refractivity contribution in [2.45, 2.75) is 32.9 Å². The lowest BCUT2D eigenvalue weighted by Crippen LogP contribution is -2.48. The Kier molecular flexibility index (Phi) is 3.90. The van der Waals surface area contributed by atoms with Crippen LogP contribution in [0.25, 0.3) is 0 Å². The van der Waals surface area contributed by atoms with Crippen molar-refractivity contribution >= 4 is 17.8 Å². The summed E-state index contributed by atoms with van der Waals surface area (Å²) in [6.45, 7) is 3.80. The molecule has 0 aromatic carbocycles. The number of carbonyl (C=O) groups excluding carboxylic acids is 2. The van der Waals surface area contributed by atoms with Crippen LogP contribution in [0.3, 0.4) is 0 Å². The van der Waals surface area contributed by atoms with E-state index in [1.54, 1.807) is 0 Å². The summed E-state index contributed by atoms with van der Waals surface area (Å²) in [7, 11) is 0. The molecule has 0 aliphatic rings. The van der Waals surface area contributed by atoms with E-state index in [1.807, 2.05) is 0 Å². The van der Waals surface area contributed by atoms with Crippen molar-refractivity contribution in [1.29, 1.82) is 0 Å². The van der Waals surface area contributed by atoms with E-state index in [2.05, 4.69) is 5.32 Å². The molecule has 0 heterocycles. The summed E-state index contributed by atoms with van der Waals surface area (Å²) >= 11 is 0. The van der Waals surface area contributed by atoms with E-state index in [4.69, 9.17) is 6.52 Å². The van der Waals surface area contributed by atoms with Crippen molar-refractivity contribution in [2.24, 2.45) is 0 Å². The van der Waals surface area contributed by atoms with Gasteiger partial charge >= 0.3 is 5.97 Å². The lowest BCUT2D eigenvalue weighted by Gasteiger charge is -2.14. The molecule has 2 amide bonds. The number of aliphatic carboxylic acids is 1. The van der Waals surface area contributed by atoms with Crippen LogP contribution in [0.5, 0.6) is 0 Å². The zero-order valence-electron chi connectivity index (χ0n) is 9.27. The van der Waals surface area contributed by atoms with E-state index >= 15 is 0 Å². The first-order valence-electron chi connectivity index (χ1n) is 4.54. The molecule has 6 nitrogen and oxygen atoms in total. The van der Waals surface area contributed by atoms with Gasteiger partial charge in [-0.25, -0.2) is 0 Å². The Morgan fingerprint density at radius 1 is 1.29 bits per heavy atom. The highest BCUT2D eigenvalue weighted by Crippen LogP contribution is 1.86. The van der Waals surface area contributed by atoms with Crippen molar-refractivity contribution in [3.63, 3.8) is 0 Å². The van der Waals surface area contributed by atoms with Gasteiger partial charge in [0.25, 0.3) is 0 Å². The number of nitrogens with one attached hydrogen (secondary N) is 2. The van der Waals surface area contributed by atoms with Crippen molar-refractivity contribution < 1.29 is 20.9 Å². The Labute approximate surface area is 83.1 Å². The molecule has 6 heteroatoms. The highest BCUT2D eigenvalue weighted by molar-refractivity contribution is 5.89. The largest absolute Gasteiger partial charge is 0.480 e. The molecule has 14 heavy (non-hydrogen) atoms. The minimum atomic E-state index is -1.17. The van der Waals surface area contributed by atoms with Crippen LogP contribution in [0.1, 0.15) is 20.8 Å². The zero-order valence-corrected chi connectivity index (χ0v) is 8.27. The summed E-state index contributed by atoms with van der Waals surface area (Å²) in [5.41, 5.74) is 0. The summed E-state index contributed by atoms with van der Waals surface area (Å²) in [4.78, 5) is 32.5. The summed E-state index contributed by atoms with van der Waals surface area (Å²) in [6.07, 6.45) is 0. The average molecular weight is 203 g/mol. The van der Waals surface area contributed by atoms with Gasteiger partial charge in [-0.3, -0.25) is 14.4 Å². The van der Waals surface area contributed by atoms with Crippen molar-refractivity contribution in [1.82, 2.24) is 10.6 Å². The van der Waals surface area contributed by atoms with Crippen LogP contribution in [0.2, 0.25) is 1.41 Å². The highest BCUT2D eigenvalue weighted by Gasteiger charge is 2.18. The molecule has 0 fully saturated rings. The predicted octanol–water partition coefficient (Wildman–Crippen LogP) is -0.900. The Balaban J connectivity index is 4.34. The topological polar surface area (TPSA) is 95.5 Å². The standard InChI is InChI=1S/C8H14N2O4/c1-4(9-6(3)11)7(12)10-5(2)8(13)14/h4-5H,1-3H3,(H,9,11)(H,10,12)(H,13,14)/t4-,5+/m1/s1/i/hD. The average Bonchev–Trinajstić information content (AvgIpc) is 2.14. The molecule has 0 radical (unpaired) electrons. The Bertz CT molecular complexity index is 282. The van der Waals surface area contributed by atoms with Gasteiger partial charge < -0.3 is 15.7 Å². The number of rotatable bonds is 4. The predicted molar refractivity (Wildman–Crippen MR) is 48.5 cm³/mol. The van der Waals surface area contributed by atoms with Crippen molar-refractivity contribution in [3.8, 4) is 0 Å². The zero-order chi connectivity index (χ0) is 12.2. The fraction of sp³-hybridized carbons (Fsp3) is 0.625. The Hall–Kier alpha value is -1.59. The first-order valence-corrected chi connectivity index (χ1v) is 4.09. The highest BCUT2D eigenvalue weighted by atomic mass is 16.4. The molecule has 0 aromatic rings. The quantitative estimate of drug-likeness (QED) is 0.551. The molecule has 0 saturated carbocycles. The number of carboxylic acids is 1. The van der Waals surface area contributed by atoms with Crippen LogP contribution in [0.4, 0.5) is 0 Å². The van der Waals surface area contributed by atoms with Crippen LogP contribution >= 0.6 is 0 Å². The summed E-state index contributed by atoms with van der Waals surface area (Å²) < 4.78 is 7.19. The number of carboxylic acid groups (broad SMARTS) is 1. The molecule has 0 spiro atoms. The molecule has 2 atom stereocenters. The molecule has 80 valence electrons. The van der Waals surface area contributed by atoms with Crippen molar-refractivity contribution in [2.75, 3.05) is 0 Å². The molecule has 3 N–H and O–H groups in total. The van der Waals surface area contributed by atoms with Crippen LogP contribution in [-0.2, 0) is 14.4 Å². The van der Waals surface area contributed by atoms with Gasteiger partial charge in [0, 0.05) is 6.92 Å². The molecular formula is C8H14N2O4. The minimum absolute atomic E-state index is 0.490. The summed E-state index contributed by atoms with van der Waals surface area (Å²) in [5.74, 6) is -2.43. The van der Waals surface area contributed by atoms with Gasteiger partial charge in [-0.05, 0) is 13.8 Å². The summed E-state index contributed by atoms with van der Waals surface area (Å²) in [6, 6.07) is -2.05. The van der Waals surface area contributed by atoms with Crippen LogP contribution in [0.15, 0.2) is 0 Å². The first-order chi connectivity index (χ1) is 6.77. The maximum atomic E-state index is 11.3. The second-order valence-electron chi connectivity index (χ2n) is 2.89. The van der Waals surface area contributed by atoms with Gasteiger partial charge in [-0.2, -0.15) is 0 Å². The van der Waals surface area contributed by atoms with Crippen LogP contribution in [-0.4, -0.2) is 35.0 Å². The molecule has 0 unspecified atom stereocenters. The molecular weight excluding hydrogens is 188 g/mol. The second-order valence-corrected chi connectivity index (χ2v) is 2.89. The lowest BCUT2D eigenvalue weighted by atomic mass is 10.2. The third-order valence-corrected chi connectivity index (χ3v) is 1.48. The molecule has 0 rings (SSSR count). The van der Waals surface area contributed by atoms with Crippen molar-refractivity contribution in [3.05, 3.63) is 0 Å². The lowest BCUT2D eigenvalue weighted by molar-refractivity contribution is -0.141. The van der Waals surface area contributed by atoms with Gasteiger partial charge in [-0.15, -0.1) is 0 Å². The fourth-order valence-corrected chi connectivity index (χ4v) is 0.727. The third kappa shape index (κ3) is 4.44. The molecule has 0 aliphatic heterocycles. The van der Waals surface area contributed by atoms with Gasteiger partial charge in [0.15, 0.2) is 1.41 Å². The van der Waals surface area contributed by atoms with E-state index in [-0.39, 0.29) is 0 Å². The van der Waals surface area contributed by atoms with Gasteiger partial charge in [0.1, 0.15) is 12.1 Å². The van der Waals surface area contributed by atoms with Crippen LogP contribution in [0, 0.1) is 0 Å². The van der Waals surface area contributed by atoms with Gasteiger partial charge in [-0.1, -0.05) is 0 Å². The molecule has 0 aliphatic carbocycles. The van der Waals surface area contributed by atoms with Gasteiger partial charge in [0.05, 0.1) is 0 Å². The Morgan fingerprint density at radius 3 is 2.14 bits per heavy atom. The second kappa shape index (κ2) is 5.21. The number of hydrogen-bond acceptors (Lipinski definition) is 3. The maximum absolute atomic E-state index is 11.3. The fourth-order valence-electron chi connectivity index (χ4n) is 0.727. The SMILES string of the molecule is [2H]N(C(C)=O)[C@H](C)C(=O)N[C@@H](C)C(=O)O. The van der Waals surface area contributed by atoms with Crippen LogP contribution < -0.4 is 10.6 Å². The molecule has 0 saturated heterocycles. The Morgan fingerprint density at radius 2 is 1.79 bits per heavy atom. The normalized spacial score (nSPS) is 14.9. The monoisotopic (exact) mass is 203 g/mol. The third-order valence-electron chi connectivity index (χ3n) is 1.48. The number of hydrogen-bond donors (Lipinski definition) is 3. The van der Waals surface area contributed by atoms with E-state index < -0.39 is 29.9 Å². The van der Waals surface area contributed by atoms with E-state index in [0.29, 0.717) is 5.31 Å². The van der Waals surface area contributed by atoms with E-state index in [0.717, 1.165) is 6.92 Å².